The van der Waals surface area contributed by atoms with Crippen LogP contribution >= 0.6 is 0 Å². The van der Waals surface area contributed by atoms with Crippen molar-refractivity contribution in [3.05, 3.63) is 47.1 Å². The van der Waals surface area contributed by atoms with Gasteiger partial charge in [-0.05, 0) is 17.5 Å². The van der Waals surface area contributed by atoms with Gasteiger partial charge in [0, 0.05) is 26.2 Å². The van der Waals surface area contributed by atoms with Gasteiger partial charge in [0.05, 0.1) is 12.5 Å². The molecule has 104 valence electrons. The average Bonchev–Trinajstić information content (AvgIpc) is 2.89. The molecule has 20 heavy (non-hydrogen) atoms. The smallest absolute Gasteiger partial charge is 0.240 e. The van der Waals surface area contributed by atoms with E-state index >= 15 is 0 Å². The van der Waals surface area contributed by atoms with Gasteiger partial charge in [0.25, 0.3) is 0 Å². The van der Waals surface area contributed by atoms with Crippen LogP contribution in [0.25, 0.3) is 0 Å². The van der Waals surface area contributed by atoms with Gasteiger partial charge < -0.3 is 9.84 Å². The molecule has 1 fully saturated rings. The summed E-state index contributed by atoms with van der Waals surface area (Å²) in [7, 11) is 0. The minimum Gasteiger partial charge on any atom is -0.338 e. The van der Waals surface area contributed by atoms with Gasteiger partial charge in [-0.2, -0.15) is 4.98 Å². The summed E-state index contributed by atoms with van der Waals surface area (Å²) < 4.78 is 5.42. The molecule has 1 unspecified atom stereocenters. The van der Waals surface area contributed by atoms with Crippen LogP contribution in [0, 0.1) is 0 Å². The summed E-state index contributed by atoms with van der Waals surface area (Å²) in [6.07, 6.45) is 1.03. The van der Waals surface area contributed by atoms with Crippen LogP contribution in [0.5, 0.6) is 0 Å². The predicted octanol–water partition coefficient (Wildman–Crippen LogP) is 1.16. The highest BCUT2D eigenvalue weighted by atomic mass is 16.5. The fourth-order valence-electron chi connectivity index (χ4n) is 3.02. The van der Waals surface area contributed by atoms with Gasteiger partial charge in [-0.25, -0.2) is 0 Å². The first-order chi connectivity index (χ1) is 9.90. The molecule has 0 saturated carbocycles. The Bertz CT molecular complexity index is 603. The Morgan fingerprint density at radius 2 is 2.10 bits per heavy atom. The van der Waals surface area contributed by atoms with Crippen LogP contribution in [-0.2, 0) is 13.0 Å². The van der Waals surface area contributed by atoms with E-state index in [2.05, 4.69) is 44.6 Å². The predicted molar refractivity (Wildman–Crippen MR) is 74.4 cm³/mol. The Morgan fingerprint density at radius 1 is 1.25 bits per heavy atom. The molecule has 1 aromatic carbocycles. The van der Waals surface area contributed by atoms with E-state index in [-0.39, 0.29) is 0 Å². The first-order valence-electron chi connectivity index (χ1n) is 7.23. The monoisotopic (exact) mass is 270 g/mol. The molecule has 5 heteroatoms. The maximum atomic E-state index is 5.42. The van der Waals surface area contributed by atoms with E-state index in [1.165, 1.54) is 11.1 Å². The molecule has 1 N–H and O–H groups in total. The van der Waals surface area contributed by atoms with Gasteiger partial charge in [-0.15, -0.1) is 0 Å². The summed E-state index contributed by atoms with van der Waals surface area (Å²) in [5.74, 6) is 1.91. The Kier molecular flexibility index (Phi) is 3.01. The molecular formula is C15H18N4O. The van der Waals surface area contributed by atoms with Gasteiger partial charge >= 0.3 is 0 Å². The zero-order valence-corrected chi connectivity index (χ0v) is 11.4. The second kappa shape index (κ2) is 5.00. The molecule has 0 radical (unpaired) electrons. The van der Waals surface area contributed by atoms with E-state index in [9.17, 15) is 0 Å². The lowest BCUT2D eigenvalue weighted by atomic mass is 9.77. The Labute approximate surface area is 118 Å². The Morgan fingerprint density at radius 3 is 2.95 bits per heavy atom. The second-order valence-electron chi connectivity index (χ2n) is 5.53. The van der Waals surface area contributed by atoms with Crippen LogP contribution in [0.15, 0.2) is 28.8 Å². The lowest BCUT2D eigenvalue weighted by Gasteiger charge is -2.27. The first kappa shape index (κ1) is 12.1. The number of aromatic nitrogens is 2. The SMILES string of the molecule is c1ccc2c(c1)CC2c1noc(CN2CCNCC2)n1. The number of nitrogens with one attached hydrogen (secondary N) is 1. The molecule has 2 aliphatic rings. The van der Waals surface area contributed by atoms with Crippen LogP contribution in [0.3, 0.4) is 0 Å². The van der Waals surface area contributed by atoms with Crippen molar-refractivity contribution in [1.82, 2.24) is 20.4 Å². The standard InChI is InChI=1S/C15H18N4O/c1-2-4-12-11(3-1)9-13(12)15-17-14(20-18-15)10-19-7-5-16-6-8-19/h1-4,13,16H,5-10H2. The molecule has 1 aliphatic carbocycles. The van der Waals surface area contributed by atoms with Crippen molar-refractivity contribution in [3.63, 3.8) is 0 Å². The molecule has 1 saturated heterocycles. The Balaban J connectivity index is 1.46. The maximum absolute atomic E-state index is 5.42. The third-order valence-corrected chi connectivity index (χ3v) is 4.22. The number of nitrogens with zero attached hydrogens (tertiary/aromatic N) is 3. The summed E-state index contributed by atoms with van der Waals surface area (Å²) in [4.78, 5) is 6.94. The van der Waals surface area contributed by atoms with Gasteiger partial charge in [0.15, 0.2) is 5.82 Å². The first-order valence-corrected chi connectivity index (χ1v) is 7.23. The minimum absolute atomic E-state index is 0.326. The van der Waals surface area contributed by atoms with Gasteiger partial charge in [0.2, 0.25) is 5.89 Å². The maximum Gasteiger partial charge on any atom is 0.240 e. The van der Waals surface area contributed by atoms with Crippen molar-refractivity contribution in [2.45, 2.75) is 18.9 Å². The van der Waals surface area contributed by atoms with Crippen molar-refractivity contribution in [3.8, 4) is 0 Å². The molecule has 1 aromatic heterocycles. The molecular weight excluding hydrogens is 252 g/mol. The number of hydrogen-bond acceptors (Lipinski definition) is 5. The fraction of sp³-hybridized carbons (Fsp3) is 0.467. The molecule has 2 heterocycles. The molecule has 2 aromatic rings. The van der Waals surface area contributed by atoms with Gasteiger partial charge in [-0.3, -0.25) is 4.90 Å². The average molecular weight is 270 g/mol. The lowest BCUT2D eigenvalue weighted by Crippen LogP contribution is -2.42. The molecule has 1 aliphatic heterocycles. The number of fused-ring (bicyclic) bond motifs is 1. The van der Waals surface area contributed by atoms with Crippen LogP contribution in [0.2, 0.25) is 0 Å². The molecule has 0 bridgehead atoms. The summed E-state index contributed by atoms with van der Waals surface area (Å²) >= 11 is 0. The van der Waals surface area contributed by atoms with E-state index in [4.69, 9.17) is 4.52 Å². The minimum atomic E-state index is 0.326. The topological polar surface area (TPSA) is 54.2 Å². The van der Waals surface area contributed by atoms with Crippen LogP contribution in [0.4, 0.5) is 0 Å². The van der Waals surface area contributed by atoms with Crippen LogP contribution in [-0.4, -0.2) is 41.2 Å². The largest absolute Gasteiger partial charge is 0.338 e. The molecule has 4 rings (SSSR count). The second-order valence-corrected chi connectivity index (χ2v) is 5.53. The number of benzene rings is 1. The molecule has 1 atom stereocenters. The zero-order chi connectivity index (χ0) is 13.4. The van der Waals surface area contributed by atoms with E-state index in [1.54, 1.807) is 0 Å². The van der Waals surface area contributed by atoms with Crippen LogP contribution < -0.4 is 5.32 Å². The van der Waals surface area contributed by atoms with Gasteiger partial charge in [0.1, 0.15) is 0 Å². The highest BCUT2D eigenvalue weighted by Gasteiger charge is 2.31. The van der Waals surface area contributed by atoms with Crippen LogP contribution in [0.1, 0.15) is 28.8 Å². The third-order valence-electron chi connectivity index (χ3n) is 4.22. The normalized spacial score (nSPS) is 22.3. The molecule has 0 spiro atoms. The summed E-state index contributed by atoms with van der Waals surface area (Å²) in [6, 6.07) is 8.50. The molecule has 0 amide bonds. The third kappa shape index (κ3) is 2.13. The number of hydrogen-bond donors (Lipinski definition) is 1. The van der Waals surface area contributed by atoms with Gasteiger partial charge in [-0.1, -0.05) is 29.4 Å². The van der Waals surface area contributed by atoms with E-state index in [0.717, 1.165) is 50.9 Å². The van der Waals surface area contributed by atoms with Crippen molar-refractivity contribution >= 4 is 0 Å². The van der Waals surface area contributed by atoms with Crippen molar-refractivity contribution in [2.24, 2.45) is 0 Å². The quantitative estimate of drug-likeness (QED) is 0.907. The summed E-state index contributed by atoms with van der Waals surface area (Å²) in [5.41, 5.74) is 2.76. The Hall–Kier alpha value is -1.72. The van der Waals surface area contributed by atoms with E-state index < -0.39 is 0 Å². The lowest BCUT2D eigenvalue weighted by molar-refractivity contribution is 0.203. The zero-order valence-electron chi connectivity index (χ0n) is 11.4. The molecule has 5 nitrogen and oxygen atoms in total. The summed E-state index contributed by atoms with van der Waals surface area (Å²) in [5, 5.41) is 7.52. The van der Waals surface area contributed by atoms with E-state index in [1.807, 2.05) is 0 Å². The highest BCUT2D eigenvalue weighted by Crippen LogP contribution is 2.38. The van der Waals surface area contributed by atoms with Crippen molar-refractivity contribution in [1.29, 1.82) is 0 Å². The van der Waals surface area contributed by atoms with Crippen molar-refractivity contribution in [2.75, 3.05) is 26.2 Å². The van der Waals surface area contributed by atoms with E-state index in [0.29, 0.717) is 5.92 Å². The highest BCUT2D eigenvalue weighted by molar-refractivity contribution is 5.43. The number of rotatable bonds is 3. The summed E-state index contributed by atoms with van der Waals surface area (Å²) in [6.45, 7) is 4.94. The number of piperazine rings is 1. The fourth-order valence-corrected chi connectivity index (χ4v) is 3.02. The van der Waals surface area contributed by atoms with Crippen molar-refractivity contribution < 1.29 is 4.52 Å².